The normalized spacial score (nSPS) is 16.4. The molecule has 0 atom stereocenters. The molecule has 86 valence electrons. The maximum absolute atomic E-state index is 11.9. The highest BCUT2D eigenvalue weighted by Gasteiger charge is 2.17. The maximum atomic E-state index is 11.9. The Bertz CT molecular complexity index is 397. The van der Waals surface area contributed by atoms with Crippen LogP contribution in [0.25, 0.3) is 0 Å². The highest BCUT2D eigenvalue weighted by Crippen LogP contribution is 2.19. The second-order valence-electron chi connectivity index (χ2n) is 4.42. The molecule has 3 heteroatoms. The number of carbonyl (C=O) groups is 1. The van der Waals surface area contributed by atoms with Crippen LogP contribution in [-0.2, 0) is 0 Å². The molecule has 2 rings (SSSR count). The Hall–Kier alpha value is -1.02. The summed E-state index contributed by atoms with van der Waals surface area (Å²) in [5.41, 5.74) is 1.65. The first-order valence-electron chi connectivity index (χ1n) is 5.74. The summed E-state index contributed by atoms with van der Waals surface area (Å²) in [6.07, 6.45) is 4.67. The zero-order valence-corrected chi connectivity index (χ0v) is 10.2. The Kier molecular flexibility index (Phi) is 3.49. The zero-order valence-electron chi connectivity index (χ0n) is 9.42. The molecule has 1 N–H and O–H groups in total. The van der Waals surface area contributed by atoms with Crippen molar-refractivity contribution >= 4 is 17.5 Å². The molecule has 1 aliphatic carbocycles. The summed E-state index contributed by atoms with van der Waals surface area (Å²) >= 11 is 5.92. The quantitative estimate of drug-likeness (QED) is 0.840. The third kappa shape index (κ3) is 2.56. The molecule has 1 aliphatic rings. The van der Waals surface area contributed by atoms with Crippen LogP contribution in [0.4, 0.5) is 0 Å². The summed E-state index contributed by atoms with van der Waals surface area (Å²) in [6, 6.07) is 5.76. The minimum atomic E-state index is 0.0201. The summed E-state index contributed by atoms with van der Waals surface area (Å²) in [6.45, 7) is 1.91. The average Bonchev–Trinajstić information content (AvgIpc) is 2.74. The summed E-state index contributed by atoms with van der Waals surface area (Å²) in [4.78, 5) is 11.9. The van der Waals surface area contributed by atoms with Crippen LogP contribution in [0.2, 0.25) is 5.02 Å². The van der Waals surface area contributed by atoms with Crippen LogP contribution in [-0.4, -0.2) is 11.9 Å². The van der Waals surface area contributed by atoms with Crippen molar-refractivity contribution in [2.24, 2.45) is 0 Å². The van der Waals surface area contributed by atoms with E-state index >= 15 is 0 Å². The van der Waals surface area contributed by atoms with Gasteiger partial charge in [0.05, 0.1) is 0 Å². The summed E-state index contributed by atoms with van der Waals surface area (Å²) < 4.78 is 0. The van der Waals surface area contributed by atoms with Crippen LogP contribution < -0.4 is 5.32 Å². The third-order valence-electron chi connectivity index (χ3n) is 3.11. The van der Waals surface area contributed by atoms with Gasteiger partial charge in [-0.15, -0.1) is 0 Å². The first-order valence-corrected chi connectivity index (χ1v) is 6.11. The van der Waals surface area contributed by atoms with E-state index in [1.54, 1.807) is 12.1 Å². The lowest BCUT2D eigenvalue weighted by Crippen LogP contribution is -2.32. The van der Waals surface area contributed by atoms with Gasteiger partial charge < -0.3 is 5.32 Å². The highest BCUT2D eigenvalue weighted by molar-refractivity contribution is 6.31. The molecule has 1 fully saturated rings. The molecule has 0 bridgehead atoms. The summed E-state index contributed by atoms with van der Waals surface area (Å²) in [7, 11) is 0. The Balaban J connectivity index is 2.05. The maximum Gasteiger partial charge on any atom is 0.251 e. The number of rotatable bonds is 2. The van der Waals surface area contributed by atoms with Gasteiger partial charge in [0.2, 0.25) is 0 Å². The molecule has 1 aromatic carbocycles. The number of carbonyl (C=O) groups excluding carboxylic acids is 1. The fourth-order valence-electron chi connectivity index (χ4n) is 2.12. The van der Waals surface area contributed by atoms with Crippen molar-refractivity contribution in [1.82, 2.24) is 5.32 Å². The Morgan fingerprint density at radius 1 is 1.38 bits per heavy atom. The Morgan fingerprint density at radius 2 is 2.06 bits per heavy atom. The molecule has 2 nitrogen and oxygen atoms in total. The molecule has 0 heterocycles. The average molecular weight is 238 g/mol. The number of hydrogen-bond donors (Lipinski definition) is 1. The predicted octanol–water partition coefficient (Wildman–Crippen LogP) is 3.32. The van der Waals surface area contributed by atoms with Gasteiger partial charge in [-0.05, 0) is 43.5 Å². The molecule has 16 heavy (non-hydrogen) atoms. The van der Waals surface area contributed by atoms with Crippen molar-refractivity contribution in [1.29, 1.82) is 0 Å². The van der Waals surface area contributed by atoms with Crippen LogP contribution in [0.5, 0.6) is 0 Å². The number of benzene rings is 1. The van der Waals surface area contributed by atoms with Gasteiger partial charge in [0.15, 0.2) is 0 Å². The number of hydrogen-bond acceptors (Lipinski definition) is 1. The number of amides is 1. The number of aryl methyl sites for hydroxylation is 1. The van der Waals surface area contributed by atoms with E-state index in [4.69, 9.17) is 11.6 Å². The van der Waals surface area contributed by atoms with Crippen molar-refractivity contribution in [3.05, 3.63) is 34.3 Å². The van der Waals surface area contributed by atoms with Crippen molar-refractivity contribution in [2.45, 2.75) is 38.6 Å². The molecule has 0 saturated heterocycles. The van der Waals surface area contributed by atoms with E-state index in [0.29, 0.717) is 16.6 Å². The fraction of sp³-hybridized carbons (Fsp3) is 0.462. The molecular formula is C13H16ClNO. The largest absolute Gasteiger partial charge is 0.349 e. The second-order valence-corrected chi connectivity index (χ2v) is 4.83. The molecule has 0 unspecified atom stereocenters. The summed E-state index contributed by atoms with van der Waals surface area (Å²) in [5, 5.41) is 3.77. The van der Waals surface area contributed by atoms with Gasteiger partial charge in [-0.2, -0.15) is 0 Å². The lowest BCUT2D eigenvalue weighted by Gasteiger charge is -2.12. The van der Waals surface area contributed by atoms with Gasteiger partial charge in [0, 0.05) is 16.6 Å². The van der Waals surface area contributed by atoms with Gasteiger partial charge in [0.1, 0.15) is 0 Å². The van der Waals surface area contributed by atoms with Gasteiger partial charge in [0.25, 0.3) is 5.91 Å². The lowest BCUT2D eigenvalue weighted by molar-refractivity contribution is 0.0938. The Labute approximate surface area is 101 Å². The number of nitrogens with one attached hydrogen (secondary N) is 1. The van der Waals surface area contributed by atoms with Gasteiger partial charge >= 0.3 is 0 Å². The van der Waals surface area contributed by atoms with E-state index < -0.39 is 0 Å². The van der Waals surface area contributed by atoms with Crippen molar-refractivity contribution in [3.8, 4) is 0 Å². The molecular weight excluding hydrogens is 222 g/mol. The highest BCUT2D eigenvalue weighted by atomic mass is 35.5. The molecule has 1 amide bonds. The van der Waals surface area contributed by atoms with E-state index in [2.05, 4.69) is 5.32 Å². The van der Waals surface area contributed by atoms with Crippen LogP contribution >= 0.6 is 11.6 Å². The topological polar surface area (TPSA) is 29.1 Å². The van der Waals surface area contributed by atoms with E-state index in [1.807, 2.05) is 13.0 Å². The van der Waals surface area contributed by atoms with Gasteiger partial charge in [-0.25, -0.2) is 0 Å². The number of halogens is 1. The van der Waals surface area contributed by atoms with Crippen LogP contribution in [0.3, 0.4) is 0 Å². The second kappa shape index (κ2) is 4.88. The minimum absolute atomic E-state index is 0.0201. The van der Waals surface area contributed by atoms with Gasteiger partial charge in [-0.3, -0.25) is 4.79 Å². The van der Waals surface area contributed by atoms with E-state index in [9.17, 15) is 4.79 Å². The first-order chi connectivity index (χ1) is 7.66. The zero-order chi connectivity index (χ0) is 11.5. The lowest BCUT2D eigenvalue weighted by atomic mass is 10.1. The molecule has 1 aromatic rings. The molecule has 0 spiro atoms. The molecule has 1 saturated carbocycles. The first kappa shape index (κ1) is 11.5. The Morgan fingerprint density at radius 3 is 2.69 bits per heavy atom. The van der Waals surface area contributed by atoms with Crippen LogP contribution in [0.1, 0.15) is 41.6 Å². The monoisotopic (exact) mass is 237 g/mol. The van der Waals surface area contributed by atoms with E-state index in [-0.39, 0.29) is 5.91 Å². The van der Waals surface area contributed by atoms with Crippen molar-refractivity contribution in [2.75, 3.05) is 0 Å². The molecule has 0 radical (unpaired) electrons. The summed E-state index contributed by atoms with van der Waals surface area (Å²) in [5.74, 6) is 0.0201. The predicted molar refractivity (Wildman–Crippen MR) is 65.9 cm³/mol. The van der Waals surface area contributed by atoms with Crippen LogP contribution in [0.15, 0.2) is 18.2 Å². The molecule has 0 aromatic heterocycles. The van der Waals surface area contributed by atoms with Crippen molar-refractivity contribution < 1.29 is 4.79 Å². The van der Waals surface area contributed by atoms with Crippen LogP contribution in [0, 0.1) is 6.92 Å². The third-order valence-corrected chi connectivity index (χ3v) is 3.53. The fourth-order valence-corrected chi connectivity index (χ4v) is 2.24. The van der Waals surface area contributed by atoms with Crippen molar-refractivity contribution in [3.63, 3.8) is 0 Å². The van der Waals surface area contributed by atoms with Gasteiger partial charge in [-0.1, -0.05) is 24.4 Å². The van der Waals surface area contributed by atoms with E-state index in [1.165, 1.54) is 12.8 Å². The molecule has 0 aliphatic heterocycles. The smallest absolute Gasteiger partial charge is 0.251 e. The standard InChI is InChI=1S/C13H16ClNO/c1-9-8-10(6-7-12(9)14)13(16)15-11-4-2-3-5-11/h6-8,11H,2-5H2,1H3,(H,15,16). The SMILES string of the molecule is Cc1cc(C(=O)NC2CCCC2)ccc1Cl. The van der Waals surface area contributed by atoms with E-state index in [0.717, 1.165) is 18.4 Å². The minimum Gasteiger partial charge on any atom is -0.349 e.